The van der Waals surface area contributed by atoms with Crippen molar-refractivity contribution in [1.29, 1.82) is 0 Å². The maximum absolute atomic E-state index is 13.4. The Bertz CT molecular complexity index is 1670. The van der Waals surface area contributed by atoms with Crippen molar-refractivity contribution in [3.05, 3.63) is 105 Å². The molecule has 1 aliphatic rings. The number of benzene rings is 3. The van der Waals surface area contributed by atoms with Gasteiger partial charge in [-0.05, 0) is 58.0 Å². The summed E-state index contributed by atoms with van der Waals surface area (Å²) < 4.78 is 31.3. The second-order valence-electron chi connectivity index (χ2n) is 9.29. The Labute approximate surface area is 222 Å². The van der Waals surface area contributed by atoms with Crippen molar-refractivity contribution < 1.29 is 18.6 Å². The summed E-state index contributed by atoms with van der Waals surface area (Å²) in [6.07, 6.45) is 0. The van der Waals surface area contributed by atoms with Crippen LogP contribution in [0.3, 0.4) is 0 Å². The molecule has 0 radical (unpaired) electrons. The van der Waals surface area contributed by atoms with Crippen molar-refractivity contribution in [2.75, 3.05) is 13.9 Å². The van der Waals surface area contributed by atoms with E-state index in [-0.39, 0.29) is 18.2 Å². The van der Waals surface area contributed by atoms with Crippen LogP contribution in [0.1, 0.15) is 22.5 Å². The minimum absolute atomic E-state index is 0.158. The van der Waals surface area contributed by atoms with E-state index in [9.17, 15) is 9.18 Å². The van der Waals surface area contributed by atoms with Gasteiger partial charge in [0.2, 0.25) is 6.79 Å². The number of halogens is 1. The Balaban J connectivity index is 1.29. The number of nitrogens with zero attached hydrogens (tertiary/aromatic N) is 5. The number of pyridine rings is 1. The molecule has 10 nitrogen and oxygen atoms in total. The molecule has 0 saturated carbocycles. The normalized spacial score (nSPS) is 12.4. The van der Waals surface area contributed by atoms with E-state index in [4.69, 9.17) is 14.2 Å². The van der Waals surface area contributed by atoms with E-state index in [0.717, 1.165) is 22.3 Å². The van der Waals surface area contributed by atoms with Gasteiger partial charge >= 0.3 is 0 Å². The van der Waals surface area contributed by atoms with Gasteiger partial charge in [-0.3, -0.25) is 9.69 Å². The van der Waals surface area contributed by atoms with Gasteiger partial charge in [0.05, 0.1) is 25.7 Å². The lowest BCUT2D eigenvalue weighted by molar-refractivity contribution is 0.174. The number of ether oxygens (including phenoxy) is 3. The molecule has 2 aromatic heterocycles. The lowest BCUT2D eigenvalue weighted by atomic mass is 10.1. The monoisotopic (exact) mass is 528 g/mol. The summed E-state index contributed by atoms with van der Waals surface area (Å²) in [4.78, 5) is 18.2. The standard InChI is InChI=1S/C28H25FN6O4/c1-37-23-8-4-18(5-9-23)13-34(16-27-31-32-33-35(27)14-19-2-6-22(29)7-3-19)15-21-10-20-11-25-26(39-17-38-25)12-24(20)30-28(21)36/h2-12H,13-17H2,1H3,(H,30,36). The minimum Gasteiger partial charge on any atom is -0.497 e. The molecule has 5 aromatic rings. The van der Waals surface area contributed by atoms with Crippen molar-refractivity contribution in [3.63, 3.8) is 0 Å². The quantitative estimate of drug-likeness (QED) is 0.309. The number of aromatic nitrogens is 5. The third-order valence-corrected chi connectivity index (χ3v) is 6.59. The van der Waals surface area contributed by atoms with Gasteiger partial charge in [-0.25, -0.2) is 9.07 Å². The molecule has 1 N–H and O–H groups in total. The van der Waals surface area contributed by atoms with Crippen LogP contribution in [-0.4, -0.2) is 44.0 Å². The second kappa shape index (κ2) is 10.5. The van der Waals surface area contributed by atoms with Crippen LogP contribution in [-0.2, 0) is 26.2 Å². The van der Waals surface area contributed by atoms with Gasteiger partial charge in [0.15, 0.2) is 17.3 Å². The average molecular weight is 529 g/mol. The van der Waals surface area contributed by atoms with Crippen LogP contribution in [0.25, 0.3) is 10.9 Å². The number of methoxy groups -OCH3 is 1. The van der Waals surface area contributed by atoms with Crippen LogP contribution >= 0.6 is 0 Å². The molecular formula is C28H25FN6O4. The van der Waals surface area contributed by atoms with Gasteiger partial charge in [-0.1, -0.05) is 24.3 Å². The molecule has 0 atom stereocenters. The first-order valence-electron chi connectivity index (χ1n) is 12.3. The number of aromatic amines is 1. The molecule has 0 saturated heterocycles. The van der Waals surface area contributed by atoms with Crippen LogP contribution in [0, 0.1) is 5.82 Å². The van der Waals surface area contributed by atoms with Crippen LogP contribution in [0.5, 0.6) is 17.2 Å². The summed E-state index contributed by atoms with van der Waals surface area (Å²) >= 11 is 0. The van der Waals surface area contributed by atoms with E-state index in [1.165, 1.54) is 12.1 Å². The Hall–Kier alpha value is -4.77. The number of nitrogens with one attached hydrogen (secondary N) is 1. The van der Waals surface area contributed by atoms with Crippen LogP contribution in [0.15, 0.2) is 71.5 Å². The van der Waals surface area contributed by atoms with E-state index in [2.05, 4.69) is 25.4 Å². The fourth-order valence-electron chi connectivity index (χ4n) is 4.58. The lowest BCUT2D eigenvalue weighted by Crippen LogP contribution is -2.28. The highest BCUT2D eigenvalue weighted by atomic mass is 19.1. The first-order chi connectivity index (χ1) is 19.0. The first-order valence-corrected chi connectivity index (χ1v) is 12.3. The molecule has 39 heavy (non-hydrogen) atoms. The van der Waals surface area contributed by atoms with Gasteiger partial charge in [0, 0.05) is 30.1 Å². The van der Waals surface area contributed by atoms with E-state index in [1.807, 2.05) is 36.4 Å². The van der Waals surface area contributed by atoms with Gasteiger partial charge in [0.1, 0.15) is 11.6 Å². The summed E-state index contributed by atoms with van der Waals surface area (Å²) in [6.45, 7) is 1.80. The third-order valence-electron chi connectivity index (χ3n) is 6.59. The molecule has 0 unspecified atom stereocenters. The number of hydrogen-bond donors (Lipinski definition) is 1. The van der Waals surface area contributed by atoms with Gasteiger partial charge < -0.3 is 19.2 Å². The van der Waals surface area contributed by atoms with E-state index in [0.29, 0.717) is 54.6 Å². The summed E-state index contributed by atoms with van der Waals surface area (Å²) in [5.74, 6) is 2.34. The second-order valence-corrected chi connectivity index (χ2v) is 9.29. The van der Waals surface area contributed by atoms with Gasteiger partial charge in [0.25, 0.3) is 5.56 Å². The van der Waals surface area contributed by atoms with Crippen molar-refractivity contribution in [2.45, 2.75) is 26.2 Å². The molecule has 0 aliphatic carbocycles. The zero-order chi connectivity index (χ0) is 26.8. The minimum atomic E-state index is -0.300. The number of rotatable bonds is 9. The SMILES string of the molecule is COc1ccc(CN(Cc2cc3cc4c(cc3[nH]c2=O)OCO4)Cc2nnnn2Cc2ccc(F)cc2)cc1. The van der Waals surface area contributed by atoms with Gasteiger partial charge in [-0.15, -0.1) is 5.10 Å². The predicted molar refractivity (Wildman–Crippen MR) is 140 cm³/mol. The molecule has 11 heteroatoms. The molecule has 198 valence electrons. The van der Waals surface area contributed by atoms with Crippen molar-refractivity contribution in [1.82, 2.24) is 30.1 Å². The fourth-order valence-corrected chi connectivity index (χ4v) is 4.58. The van der Waals surface area contributed by atoms with E-state index >= 15 is 0 Å². The summed E-state index contributed by atoms with van der Waals surface area (Å²) in [5.41, 5.74) is 2.99. The van der Waals surface area contributed by atoms with E-state index in [1.54, 1.807) is 30.0 Å². The number of tetrazole rings is 1. The zero-order valence-electron chi connectivity index (χ0n) is 21.1. The first kappa shape index (κ1) is 24.6. The zero-order valence-corrected chi connectivity index (χ0v) is 21.1. The topological polar surface area (TPSA) is 107 Å². The smallest absolute Gasteiger partial charge is 0.252 e. The largest absolute Gasteiger partial charge is 0.497 e. The molecule has 0 spiro atoms. The highest BCUT2D eigenvalue weighted by Crippen LogP contribution is 2.35. The molecular weight excluding hydrogens is 503 g/mol. The molecule has 1 aliphatic heterocycles. The summed E-state index contributed by atoms with van der Waals surface area (Å²) in [7, 11) is 1.63. The summed E-state index contributed by atoms with van der Waals surface area (Å²) in [6, 6.07) is 19.5. The Kier molecular flexibility index (Phi) is 6.64. The van der Waals surface area contributed by atoms with Crippen LogP contribution in [0.2, 0.25) is 0 Å². The fraction of sp³-hybridized carbons (Fsp3) is 0.214. The molecule has 0 fully saturated rings. The Morgan fingerprint density at radius 1 is 0.974 bits per heavy atom. The summed E-state index contributed by atoms with van der Waals surface area (Å²) in [5, 5.41) is 13.1. The highest BCUT2D eigenvalue weighted by molar-refractivity contribution is 5.83. The number of fused-ring (bicyclic) bond motifs is 2. The van der Waals surface area contributed by atoms with E-state index < -0.39 is 0 Å². The third kappa shape index (κ3) is 5.43. The Morgan fingerprint density at radius 3 is 2.49 bits per heavy atom. The Morgan fingerprint density at radius 2 is 1.72 bits per heavy atom. The molecule has 3 aromatic carbocycles. The maximum atomic E-state index is 13.4. The molecule has 6 rings (SSSR count). The molecule has 0 bridgehead atoms. The van der Waals surface area contributed by atoms with Crippen LogP contribution < -0.4 is 19.8 Å². The van der Waals surface area contributed by atoms with Crippen molar-refractivity contribution >= 4 is 10.9 Å². The highest BCUT2D eigenvalue weighted by Gasteiger charge is 2.18. The number of H-pyrrole nitrogens is 1. The van der Waals surface area contributed by atoms with Crippen molar-refractivity contribution in [3.8, 4) is 17.2 Å². The van der Waals surface area contributed by atoms with Crippen LogP contribution in [0.4, 0.5) is 4.39 Å². The van der Waals surface area contributed by atoms with Gasteiger partial charge in [-0.2, -0.15) is 0 Å². The lowest BCUT2D eigenvalue weighted by Gasteiger charge is -2.22. The maximum Gasteiger partial charge on any atom is 0.252 e. The predicted octanol–water partition coefficient (Wildman–Crippen LogP) is 3.64. The molecule has 3 heterocycles. The molecule has 0 amide bonds. The number of hydrogen-bond acceptors (Lipinski definition) is 8. The van der Waals surface area contributed by atoms with Crippen molar-refractivity contribution in [2.24, 2.45) is 0 Å². The average Bonchev–Trinajstić information content (AvgIpc) is 3.58.